The van der Waals surface area contributed by atoms with Crippen molar-refractivity contribution in [2.45, 2.75) is 44.1 Å². The number of rotatable bonds is 5. The summed E-state index contributed by atoms with van der Waals surface area (Å²) in [5.41, 5.74) is 7.65. The van der Waals surface area contributed by atoms with E-state index in [-0.39, 0.29) is 46.9 Å². The molecule has 160 valence electrons. The number of carbonyl (C=O) groups is 1. The van der Waals surface area contributed by atoms with Crippen molar-refractivity contribution in [3.8, 4) is 17.0 Å². The molecule has 0 unspecified atom stereocenters. The molecule has 1 aromatic carbocycles. The first-order chi connectivity index (χ1) is 14.9. The van der Waals surface area contributed by atoms with E-state index < -0.39 is 11.6 Å². The first-order valence-electron chi connectivity index (χ1n) is 10.3. The molecule has 0 spiro atoms. The zero-order chi connectivity index (χ0) is 22.0. The number of phenols is 1. The predicted molar refractivity (Wildman–Crippen MR) is 113 cm³/mol. The number of nitrogens with zero attached hydrogens (tertiary/aromatic N) is 2. The zero-order valence-corrected chi connectivity index (χ0v) is 16.9. The molecule has 0 amide bonds. The summed E-state index contributed by atoms with van der Waals surface area (Å²) in [7, 11) is 0. The maximum atomic E-state index is 14.3. The van der Waals surface area contributed by atoms with E-state index in [0.717, 1.165) is 48.9 Å². The third-order valence-corrected chi connectivity index (χ3v) is 5.79. The fourth-order valence-corrected chi connectivity index (χ4v) is 4.24. The topological polar surface area (TPSA) is 89.1 Å². The first kappa shape index (κ1) is 21.1. The van der Waals surface area contributed by atoms with E-state index in [4.69, 9.17) is 5.73 Å². The quantitative estimate of drug-likeness (QED) is 0.588. The minimum Gasteiger partial charge on any atom is -0.508 e. The van der Waals surface area contributed by atoms with Crippen LogP contribution < -0.4 is 5.73 Å². The number of aromatic nitrogens is 2. The van der Waals surface area contributed by atoms with Crippen molar-refractivity contribution in [3.05, 3.63) is 77.2 Å². The van der Waals surface area contributed by atoms with Gasteiger partial charge in [0.1, 0.15) is 28.8 Å². The Morgan fingerprint density at radius 1 is 1.13 bits per heavy atom. The Kier molecular flexibility index (Phi) is 6.04. The number of aromatic hydroxyl groups is 1. The molecule has 0 aliphatic heterocycles. The molecule has 1 aliphatic carbocycles. The third-order valence-electron chi connectivity index (χ3n) is 5.79. The van der Waals surface area contributed by atoms with Crippen LogP contribution in [0.2, 0.25) is 0 Å². The van der Waals surface area contributed by atoms with Gasteiger partial charge in [0, 0.05) is 36.5 Å². The average Bonchev–Trinajstić information content (AvgIpc) is 2.75. The van der Waals surface area contributed by atoms with Gasteiger partial charge in [0.25, 0.3) is 0 Å². The van der Waals surface area contributed by atoms with Gasteiger partial charge in [-0.2, -0.15) is 0 Å². The zero-order valence-electron chi connectivity index (χ0n) is 16.9. The van der Waals surface area contributed by atoms with Crippen molar-refractivity contribution in [2.75, 3.05) is 0 Å². The molecular formula is C24H23F2N3O2. The van der Waals surface area contributed by atoms with E-state index >= 15 is 0 Å². The van der Waals surface area contributed by atoms with Crippen molar-refractivity contribution in [3.63, 3.8) is 0 Å². The van der Waals surface area contributed by atoms with Gasteiger partial charge in [-0.3, -0.25) is 9.78 Å². The Labute approximate surface area is 179 Å². The summed E-state index contributed by atoms with van der Waals surface area (Å²) in [4.78, 5) is 21.2. The summed E-state index contributed by atoms with van der Waals surface area (Å²) in [5.74, 6) is -1.88. The molecule has 5 nitrogen and oxygen atoms in total. The summed E-state index contributed by atoms with van der Waals surface area (Å²) in [6, 6.07) is 7.83. The Balaban J connectivity index is 1.62. The fourth-order valence-electron chi connectivity index (χ4n) is 4.24. The molecule has 7 heteroatoms. The molecule has 2 atom stereocenters. The number of hydrogen-bond donors (Lipinski definition) is 2. The molecule has 1 fully saturated rings. The van der Waals surface area contributed by atoms with Crippen molar-refractivity contribution in [1.29, 1.82) is 0 Å². The lowest BCUT2D eigenvalue weighted by molar-refractivity contribution is 0.0987. The number of hydrogen-bond acceptors (Lipinski definition) is 5. The van der Waals surface area contributed by atoms with Crippen molar-refractivity contribution in [2.24, 2.45) is 5.73 Å². The van der Waals surface area contributed by atoms with Crippen LogP contribution in [0.4, 0.5) is 8.78 Å². The van der Waals surface area contributed by atoms with Crippen molar-refractivity contribution in [1.82, 2.24) is 9.97 Å². The van der Waals surface area contributed by atoms with Crippen molar-refractivity contribution >= 4 is 5.78 Å². The Morgan fingerprint density at radius 2 is 1.97 bits per heavy atom. The van der Waals surface area contributed by atoms with Crippen LogP contribution in [0.5, 0.6) is 5.75 Å². The SMILES string of the molecule is N[C@H]1CCC[C@@H](c2ccncc2CC(=O)c2ccc(F)c(-c3ccc(O)cc3F)n2)C1. The van der Waals surface area contributed by atoms with Crippen LogP contribution in [-0.4, -0.2) is 26.9 Å². The molecule has 0 saturated heterocycles. The molecule has 2 heterocycles. The van der Waals surface area contributed by atoms with Gasteiger partial charge in [0.05, 0.1) is 0 Å². The van der Waals surface area contributed by atoms with Gasteiger partial charge in [0.15, 0.2) is 5.78 Å². The lowest BCUT2D eigenvalue weighted by atomic mass is 9.80. The highest BCUT2D eigenvalue weighted by atomic mass is 19.1. The van der Waals surface area contributed by atoms with Crippen LogP contribution in [0.15, 0.2) is 48.8 Å². The molecule has 1 aliphatic rings. The van der Waals surface area contributed by atoms with Gasteiger partial charge in [-0.1, -0.05) is 6.42 Å². The number of carbonyl (C=O) groups excluding carboxylic acids is 1. The molecule has 0 radical (unpaired) electrons. The molecule has 3 N–H and O–H groups in total. The number of benzene rings is 1. The second-order valence-electron chi connectivity index (χ2n) is 7.99. The normalized spacial score (nSPS) is 18.7. The van der Waals surface area contributed by atoms with Crippen LogP contribution in [0, 0.1) is 11.6 Å². The van der Waals surface area contributed by atoms with Crippen LogP contribution in [0.25, 0.3) is 11.3 Å². The molecule has 4 rings (SSSR count). The Hall–Kier alpha value is -3.19. The lowest BCUT2D eigenvalue weighted by Crippen LogP contribution is -2.27. The van der Waals surface area contributed by atoms with Gasteiger partial charge in [-0.25, -0.2) is 13.8 Å². The summed E-state index contributed by atoms with van der Waals surface area (Å²) in [6.45, 7) is 0. The van der Waals surface area contributed by atoms with Gasteiger partial charge in [-0.05, 0) is 66.6 Å². The fraction of sp³-hybridized carbons (Fsp3) is 0.292. The third kappa shape index (κ3) is 4.61. The van der Waals surface area contributed by atoms with Crippen LogP contribution >= 0.6 is 0 Å². The lowest BCUT2D eigenvalue weighted by Gasteiger charge is -2.28. The van der Waals surface area contributed by atoms with Crippen LogP contribution in [0.1, 0.15) is 53.2 Å². The van der Waals surface area contributed by atoms with Crippen LogP contribution in [0.3, 0.4) is 0 Å². The predicted octanol–water partition coefficient (Wildman–Crippen LogP) is 4.54. The Bertz CT molecular complexity index is 1120. The molecule has 3 aromatic rings. The minimum absolute atomic E-state index is 0.0408. The molecule has 0 bridgehead atoms. The summed E-state index contributed by atoms with van der Waals surface area (Å²) in [5, 5.41) is 9.39. The smallest absolute Gasteiger partial charge is 0.185 e. The van der Waals surface area contributed by atoms with E-state index in [1.165, 1.54) is 18.2 Å². The van der Waals surface area contributed by atoms with Gasteiger partial charge in [-0.15, -0.1) is 0 Å². The molecule has 2 aromatic heterocycles. The molecule has 31 heavy (non-hydrogen) atoms. The average molecular weight is 423 g/mol. The highest BCUT2D eigenvalue weighted by Crippen LogP contribution is 2.34. The van der Waals surface area contributed by atoms with Gasteiger partial charge in [0.2, 0.25) is 0 Å². The molecule has 1 saturated carbocycles. The standard InChI is InChI=1S/C24H23F2N3O2/c25-20-6-7-22(29-24(20)19-5-4-17(30)12-21(19)26)23(31)11-15-13-28-9-8-18(15)14-2-1-3-16(27)10-14/h4-9,12-14,16,30H,1-3,10-11,27H2/t14-,16+/m1/s1. The number of nitrogens with two attached hydrogens (primary N) is 1. The maximum absolute atomic E-state index is 14.3. The largest absolute Gasteiger partial charge is 0.508 e. The van der Waals surface area contributed by atoms with Gasteiger partial charge < -0.3 is 10.8 Å². The first-order valence-corrected chi connectivity index (χ1v) is 10.3. The highest BCUT2D eigenvalue weighted by Gasteiger charge is 2.24. The summed E-state index contributed by atoms with van der Waals surface area (Å²) >= 11 is 0. The minimum atomic E-state index is -0.820. The van der Waals surface area contributed by atoms with E-state index in [1.807, 2.05) is 6.07 Å². The van der Waals surface area contributed by atoms with E-state index in [0.29, 0.717) is 0 Å². The Morgan fingerprint density at radius 3 is 2.74 bits per heavy atom. The number of ketones is 1. The second kappa shape index (κ2) is 8.89. The maximum Gasteiger partial charge on any atom is 0.185 e. The van der Waals surface area contributed by atoms with Crippen LogP contribution in [-0.2, 0) is 6.42 Å². The number of halogens is 2. The van der Waals surface area contributed by atoms with E-state index in [1.54, 1.807) is 12.4 Å². The van der Waals surface area contributed by atoms with Gasteiger partial charge >= 0.3 is 0 Å². The van der Waals surface area contributed by atoms with E-state index in [9.17, 15) is 18.7 Å². The number of pyridine rings is 2. The molecular weight excluding hydrogens is 400 g/mol. The van der Waals surface area contributed by atoms with E-state index in [2.05, 4.69) is 9.97 Å². The monoisotopic (exact) mass is 423 g/mol. The number of phenolic OH excluding ortho intramolecular Hbond substituents is 1. The highest BCUT2D eigenvalue weighted by molar-refractivity contribution is 5.96. The number of Topliss-reactive ketones (excluding diaryl/α,β-unsaturated/α-hetero) is 1. The second-order valence-corrected chi connectivity index (χ2v) is 7.99. The summed E-state index contributed by atoms with van der Waals surface area (Å²) < 4.78 is 28.6. The summed E-state index contributed by atoms with van der Waals surface area (Å²) in [6.07, 6.45) is 7.38. The van der Waals surface area contributed by atoms with Crippen molar-refractivity contribution < 1.29 is 18.7 Å².